The summed E-state index contributed by atoms with van der Waals surface area (Å²) in [6, 6.07) is 0.843. The molecule has 2 aliphatic rings. The average molecular weight is 266 g/mol. The normalized spacial score (nSPS) is 32.2. The zero-order valence-electron chi connectivity index (χ0n) is 13.5. The molecule has 0 aromatic rings. The first-order valence-corrected chi connectivity index (χ1v) is 8.46. The Morgan fingerprint density at radius 1 is 1.16 bits per heavy atom. The van der Waals surface area contributed by atoms with Crippen LogP contribution in [-0.2, 0) is 0 Å². The smallest absolute Gasteiger partial charge is 0.00684 e. The van der Waals surface area contributed by atoms with Crippen LogP contribution >= 0.6 is 0 Å². The molecule has 3 atom stereocenters. The summed E-state index contributed by atoms with van der Waals surface area (Å²) < 4.78 is 0. The SMILES string of the molecule is CCCC(C)(CNC1CC1)CN1CC(C)CC(C)C1. The van der Waals surface area contributed by atoms with Gasteiger partial charge in [0.15, 0.2) is 0 Å². The van der Waals surface area contributed by atoms with Gasteiger partial charge in [-0.2, -0.15) is 0 Å². The van der Waals surface area contributed by atoms with Crippen molar-refractivity contribution in [2.75, 3.05) is 26.2 Å². The Bertz CT molecular complexity index is 264. The van der Waals surface area contributed by atoms with E-state index in [1.807, 2.05) is 0 Å². The fourth-order valence-electron chi connectivity index (χ4n) is 3.97. The van der Waals surface area contributed by atoms with Gasteiger partial charge in [-0.15, -0.1) is 0 Å². The molecule has 0 bridgehead atoms. The minimum absolute atomic E-state index is 0.466. The number of nitrogens with one attached hydrogen (secondary N) is 1. The van der Waals surface area contributed by atoms with Crippen LogP contribution in [0.25, 0.3) is 0 Å². The van der Waals surface area contributed by atoms with Crippen molar-refractivity contribution in [3.05, 3.63) is 0 Å². The van der Waals surface area contributed by atoms with Gasteiger partial charge in [0, 0.05) is 32.2 Å². The van der Waals surface area contributed by atoms with Gasteiger partial charge in [0.25, 0.3) is 0 Å². The molecule has 1 heterocycles. The molecule has 2 fully saturated rings. The van der Waals surface area contributed by atoms with Gasteiger partial charge < -0.3 is 10.2 Å². The van der Waals surface area contributed by atoms with Crippen LogP contribution in [0.1, 0.15) is 59.8 Å². The highest BCUT2D eigenvalue weighted by Crippen LogP contribution is 2.30. The summed E-state index contributed by atoms with van der Waals surface area (Å²) in [6.07, 6.45) is 6.88. The van der Waals surface area contributed by atoms with E-state index in [9.17, 15) is 0 Å². The number of likely N-dealkylation sites (tertiary alicyclic amines) is 1. The van der Waals surface area contributed by atoms with Gasteiger partial charge in [0.2, 0.25) is 0 Å². The minimum Gasteiger partial charge on any atom is -0.313 e. The molecule has 0 amide bonds. The van der Waals surface area contributed by atoms with E-state index in [1.54, 1.807) is 0 Å². The number of piperidine rings is 1. The van der Waals surface area contributed by atoms with E-state index in [0.29, 0.717) is 5.41 Å². The predicted molar refractivity (Wildman–Crippen MR) is 83.4 cm³/mol. The number of rotatable bonds is 7. The Hall–Kier alpha value is -0.0800. The monoisotopic (exact) mass is 266 g/mol. The van der Waals surface area contributed by atoms with E-state index in [4.69, 9.17) is 0 Å². The Labute approximate surface area is 120 Å². The van der Waals surface area contributed by atoms with Crippen molar-refractivity contribution in [3.63, 3.8) is 0 Å². The van der Waals surface area contributed by atoms with Crippen LogP contribution in [0.3, 0.4) is 0 Å². The van der Waals surface area contributed by atoms with Gasteiger partial charge in [0.05, 0.1) is 0 Å². The van der Waals surface area contributed by atoms with Crippen LogP contribution in [-0.4, -0.2) is 37.1 Å². The zero-order valence-corrected chi connectivity index (χ0v) is 13.5. The summed E-state index contributed by atoms with van der Waals surface area (Å²) in [4.78, 5) is 2.74. The Morgan fingerprint density at radius 3 is 2.32 bits per heavy atom. The van der Waals surface area contributed by atoms with Crippen LogP contribution in [0, 0.1) is 17.3 Å². The summed E-state index contributed by atoms with van der Waals surface area (Å²) >= 11 is 0. The summed E-state index contributed by atoms with van der Waals surface area (Å²) in [7, 11) is 0. The topological polar surface area (TPSA) is 15.3 Å². The Kier molecular flexibility index (Phi) is 5.30. The summed E-state index contributed by atoms with van der Waals surface area (Å²) in [5.41, 5.74) is 0.466. The van der Waals surface area contributed by atoms with E-state index in [-0.39, 0.29) is 0 Å². The highest BCUT2D eigenvalue weighted by molar-refractivity contribution is 4.88. The quantitative estimate of drug-likeness (QED) is 0.758. The lowest BCUT2D eigenvalue weighted by molar-refractivity contribution is 0.0837. The van der Waals surface area contributed by atoms with E-state index in [2.05, 4.69) is 37.9 Å². The maximum absolute atomic E-state index is 3.77. The number of hydrogen-bond donors (Lipinski definition) is 1. The maximum atomic E-state index is 3.77. The molecule has 1 N–H and O–H groups in total. The lowest BCUT2D eigenvalue weighted by atomic mass is 9.83. The van der Waals surface area contributed by atoms with Crippen molar-refractivity contribution >= 4 is 0 Å². The molecule has 0 aromatic heterocycles. The average Bonchev–Trinajstić information content (AvgIpc) is 3.08. The lowest BCUT2D eigenvalue weighted by Crippen LogP contribution is -2.47. The fraction of sp³-hybridized carbons (Fsp3) is 1.00. The van der Waals surface area contributed by atoms with Gasteiger partial charge in [0.1, 0.15) is 0 Å². The molecular weight excluding hydrogens is 232 g/mol. The zero-order chi connectivity index (χ0) is 13.9. The lowest BCUT2D eigenvalue weighted by Gasteiger charge is -2.41. The van der Waals surface area contributed by atoms with Crippen molar-refractivity contribution in [2.24, 2.45) is 17.3 Å². The summed E-state index contributed by atoms with van der Waals surface area (Å²) in [6.45, 7) is 14.8. The van der Waals surface area contributed by atoms with Crippen LogP contribution < -0.4 is 5.32 Å². The largest absolute Gasteiger partial charge is 0.313 e. The molecule has 112 valence electrons. The fourth-order valence-corrected chi connectivity index (χ4v) is 3.97. The molecular formula is C17H34N2. The summed E-state index contributed by atoms with van der Waals surface area (Å²) in [5.74, 6) is 1.76. The molecule has 2 nitrogen and oxygen atoms in total. The number of nitrogens with zero attached hydrogens (tertiary/aromatic N) is 1. The first-order chi connectivity index (χ1) is 9.00. The molecule has 1 saturated carbocycles. The summed E-state index contributed by atoms with van der Waals surface area (Å²) in [5, 5.41) is 3.77. The van der Waals surface area contributed by atoms with E-state index in [0.717, 1.165) is 17.9 Å². The highest BCUT2D eigenvalue weighted by Gasteiger charge is 2.32. The second-order valence-electron chi connectivity index (χ2n) is 7.86. The molecule has 19 heavy (non-hydrogen) atoms. The molecule has 2 heteroatoms. The maximum Gasteiger partial charge on any atom is 0.00684 e. The van der Waals surface area contributed by atoms with E-state index in [1.165, 1.54) is 58.3 Å². The molecule has 0 aromatic carbocycles. The highest BCUT2D eigenvalue weighted by atomic mass is 15.1. The van der Waals surface area contributed by atoms with Gasteiger partial charge in [-0.25, -0.2) is 0 Å². The van der Waals surface area contributed by atoms with Crippen molar-refractivity contribution in [1.82, 2.24) is 10.2 Å². The minimum atomic E-state index is 0.466. The standard InChI is InChI=1S/C17H34N2/c1-5-8-17(4,12-18-16-6-7-16)13-19-10-14(2)9-15(3)11-19/h14-16,18H,5-13H2,1-4H3. The molecule has 1 aliphatic carbocycles. The van der Waals surface area contributed by atoms with Gasteiger partial charge in [-0.1, -0.05) is 34.1 Å². The Balaban J connectivity index is 1.86. The third-order valence-electron chi connectivity index (χ3n) is 4.80. The van der Waals surface area contributed by atoms with E-state index < -0.39 is 0 Å². The predicted octanol–water partition coefficient (Wildman–Crippen LogP) is 3.52. The van der Waals surface area contributed by atoms with Gasteiger partial charge >= 0.3 is 0 Å². The molecule has 0 spiro atoms. The van der Waals surface area contributed by atoms with Crippen molar-refractivity contribution in [2.45, 2.75) is 65.8 Å². The van der Waals surface area contributed by atoms with Crippen LogP contribution in [0.15, 0.2) is 0 Å². The van der Waals surface area contributed by atoms with Crippen molar-refractivity contribution in [3.8, 4) is 0 Å². The molecule has 1 saturated heterocycles. The first kappa shape index (κ1) is 15.3. The van der Waals surface area contributed by atoms with E-state index >= 15 is 0 Å². The van der Waals surface area contributed by atoms with Gasteiger partial charge in [-0.05, 0) is 42.9 Å². The third kappa shape index (κ3) is 5.07. The van der Waals surface area contributed by atoms with Gasteiger partial charge in [-0.3, -0.25) is 0 Å². The van der Waals surface area contributed by atoms with Crippen molar-refractivity contribution in [1.29, 1.82) is 0 Å². The molecule has 2 rings (SSSR count). The third-order valence-corrected chi connectivity index (χ3v) is 4.80. The molecule has 1 aliphatic heterocycles. The van der Waals surface area contributed by atoms with Crippen LogP contribution in [0.4, 0.5) is 0 Å². The van der Waals surface area contributed by atoms with Crippen molar-refractivity contribution < 1.29 is 0 Å². The molecule has 3 unspecified atom stereocenters. The van der Waals surface area contributed by atoms with Crippen LogP contribution in [0.2, 0.25) is 0 Å². The first-order valence-electron chi connectivity index (χ1n) is 8.46. The Morgan fingerprint density at radius 2 is 1.79 bits per heavy atom. The second kappa shape index (κ2) is 6.58. The molecule has 0 radical (unpaired) electrons. The van der Waals surface area contributed by atoms with Crippen LogP contribution in [0.5, 0.6) is 0 Å². The second-order valence-corrected chi connectivity index (χ2v) is 7.86. The number of hydrogen-bond acceptors (Lipinski definition) is 2.